The van der Waals surface area contributed by atoms with Crippen molar-refractivity contribution in [1.29, 1.82) is 5.26 Å². The van der Waals surface area contributed by atoms with Gasteiger partial charge < -0.3 is 19.9 Å². The van der Waals surface area contributed by atoms with Gasteiger partial charge in [-0.05, 0) is 42.8 Å². The molecule has 5 rings (SSSR count). The molecule has 0 atom stereocenters. The van der Waals surface area contributed by atoms with Crippen molar-refractivity contribution in [3.63, 3.8) is 0 Å². The Balaban J connectivity index is 1.23. The van der Waals surface area contributed by atoms with Gasteiger partial charge in [0.2, 0.25) is 0 Å². The highest BCUT2D eigenvalue weighted by Gasteiger charge is 2.22. The molecule has 2 amide bonds. The second kappa shape index (κ2) is 10.9. The smallest absolute Gasteiger partial charge is 0.317 e. The van der Waals surface area contributed by atoms with Crippen LogP contribution in [0.2, 0.25) is 0 Å². The molecule has 4 heterocycles. The molecule has 0 radical (unpaired) electrons. The molecule has 9 nitrogen and oxygen atoms in total. The zero-order chi connectivity index (χ0) is 26.5. The third-order valence-corrected chi connectivity index (χ3v) is 6.53. The van der Waals surface area contributed by atoms with Gasteiger partial charge in [0.05, 0.1) is 30.1 Å². The topological polar surface area (TPSA) is 98.8 Å². The van der Waals surface area contributed by atoms with Crippen LogP contribution in [0.1, 0.15) is 23.6 Å². The molecule has 1 aliphatic rings. The fourth-order valence-electron chi connectivity index (χ4n) is 4.52. The van der Waals surface area contributed by atoms with Crippen LogP contribution in [0.4, 0.5) is 10.6 Å². The SMILES string of the molecule is C#Cc1ccc(CNC(=O)N2CCN(c3ccc(-c4cc(OCC)cn5ncc(C#N)c45)cn3)CC2)cc1. The Kier molecular flexibility index (Phi) is 7.10. The van der Waals surface area contributed by atoms with Gasteiger partial charge in [-0.3, -0.25) is 0 Å². The standard InChI is InChI=1S/C29H27N7O2/c1-3-21-5-7-22(8-6-21)17-32-29(37)35-13-11-34(12-14-35)27-10-9-23(18-31-27)26-15-25(38-4-2)20-36-28(26)24(16-30)19-33-36/h1,5-10,15,18-20H,4,11-14,17H2,2H3,(H,32,37). The Morgan fingerprint density at radius 3 is 2.58 bits per heavy atom. The molecule has 38 heavy (non-hydrogen) atoms. The van der Waals surface area contributed by atoms with Gasteiger partial charge in [-0.15, -0.1) is 6.42 Å². The maximum Gasteiger partial charge on any atom is 0.317 e. The van der Waals surface area contributed by atoms with Crippen LogP contribution in [0.3, 0.4) is 0 Å². The number of benzene rings is 1. The predicted molar refractivity (Wildman–Crippen MR) is 145 cm³/mol. The summed E-state index contributed by atoms with van der Waals surface area (Å²) in [5, 5.41) is 16.9. The molecule has 1 aliphatic heterocycles. The van der Waals surface area contributed by atoms with Crippen molar-refractivity contribution in [2.24, 2.45) is 0 Å². The number of nitriles is 1. The van der Waals surface area contributed by atoms with Crippen LogP contribution < -0.4 is 15.0 Å². The summed E-state index contributed by atoms with van der Waals surface area (Å²) in [4.78, 5) is 21.3. The lowest BCUT2D eigenvalue weighted by molar-refractivity contribution is 0.194. The number of carbonyl (C=O) groups is 1. The molecule has 4 aromatic rings. The monoisotopic (exact) mass is 505 g/mol. The number of piperazine rings is 1. The molecule has 0 spiro atoms. The minimum absolute atomic E-state index is 0.0821. The molecule has 0 saturated carbocycles. The highest BCUT2D eigenvalue weighted by atomic mass is 16.5. The number of fused-ring (bicyclic) bond motifs is 1. The molecule has 190 valence electrons. The summed E-state index contributed by atoms with van der Waals surface area (Å²) in [7, 11) is 0. The fourth-order valence-corrected chi connectivity index (χ4v) is 4.52. The Morgan fingerprint density at radius 2 is 1.92 bits per heavy atom. The van der Waals surface area contributed by atoms with E-state index in [9.17, 15) is 10.1 Å². The third kappa shape index (κ3) is 5.09. The molecule has 0 unspecified atom stereocenters. The van der Waals surface area contributed by atoms with Crippen LogP contribution in [0.25, 0.3) is 16.6 Å². The third-order valence-electron chi connectivity index (χ3n) is 6.53. The van der Waals surface area contributed by atoms with E-state index in [-0.39, 0.29) is 6.03 Å². The second-order valence-electron chi connectivity index (χ2n) is 8.86. The van der Waals surface area contributed by atoms with E-state index in [4.69, 9.17) is 16.1 Å². The van der Waals surface area contributed by atoms with E-state index in [1.54, 1.807) is 23.1 Å². The molecule has 1 fully saturated rings. The summed E-state index contributed by atoms with van der Waals surface area (Å²) in [5.74, 6) is 4.10. The van der Waals surface area contributed by atoms with E-state index in [0.717, 1.165) is 33.6 Å². The Hall–Kier alpha value is -5.02. The zero-order valence-corrected chi connectivity index (χ0v) is 21.1. The molecule has 1 aromatic carbocycles. The van der Waals surface area contributed by atoms with Crippen LogP contribution >= 0.6 is 0 Å². The van der Waals surface area contributed by atoms with Crippen molar-refractivity contribution in [2.75, 3.05) is 37.7 Å². The number of ether oxygens (including phenoxy) is 1. The van der Waals surface area contributed by atoms with E-state index in [0.29, 0.717) is 50.6 Å². The van der Waals surface area contributed by atoms with Crippen LogP contribution in [-0.2, 0) is 6.54 Å². The van der Waals surface area contributed by atoms with Crippen LogP contribution in [0.15, 0.2) is 61.1 Å². The van der Waals surface area contributed by atoms with Crippen LogP contribution in [-0.4, -0.2) is 58.3 Å². The highest BCUT2D eigenvalue weighted by molar-refractivity contribution is 5.85. The van der Waals surface area contributed by atoms with Crippen molar-refractivity contribution < 1.29 is 9.53 Å². The number of amides is 2. The minimum atomic E-state index is -0.0821. The number of aromatic nitrogens is 3. The summed E-state index contributed by atoms with van der Waals surface area (Å²) >= 11 is 0. The van der Waals surface area contributed by atoms with Crippen molar-refractivity contribution in [2.45, 2.75) is 13.5 Å². The van der Waals surface area contributed by atoms with Crippen molar-refractivity contribution in [1.82, 2.24) is 24.8 Å². The lowest BCUT2D eigenvalue weighted by atomic mass is 10.1. The van der Waals surface area contributed by atoms with Gasteiger partial charge >= 0.3 is 6.03 Å². The van der Waals surface area contributed by atoms with Gasteiger partial charge in [-0.25, -0.2) is 14.3 Å². The van der Waals surface area contributed by atoms with Crippen molar-refractivity contribution in [3.05, 3.63) is 77.7 Å². The van der Waals surface area contributed by atoms with Gasteiger partial charge in [-0.2, -0.15) is 10.4 Å². The van der Waals surface area contributed by atoms with Crippen molar-refractivity contribution >= 4 is 17.4 Å². The average molecular weight is 506 g/mol. The second-order valence-corrected chi connectivity index (χ2v) is 8.86. The van der Waals surface area contributed by atoms with Crippen LogP contribution in [0.5, 0.6) is 5.75 Å². The van der Waals surface area contributed by atoms with E-state index in [2.05, 4.69) is 27.3 Å². The lowest BCUT2D eigenvalue weighted by Gasteiger charge is -2.35. The van der Waals surface area contributed by atoms with Gasteiger partial charge in [0.15, 0.2) is 0 Å². The minimum Gasteiger partial charge on any atom is -0.492 e. The first-order valence-corrected chi connectivity index (χ1v) is 12.4. The van der Waals surface area contributed by atoms with Gasteiger partial charge in [0.1, 0.15) is 17.6 Å². The summed E-state index contributed by atoms with van der Waals surface area (Å²) in [6.45, 7) is 5.47. The number of rotatable bonds is 6. The molecular formula is C29H27N7O2. The van der Waals surface area contributed by atoms with Gasteiger partial charge in [0.25, 0.3) is 0 Å². The molecule has 0 aliphatic carbocycles. The fraction of sp³-hybridized carbons (Fsp3) is 0.241. The Bertz CT molecular complexity index is 1520. The number of hydrogen-bond donors (Lipinski definition) is 1. The average Bonchev–Trinajstić information content (AvgIpc) is 3.39. The number of nitrogens with one attached hydrogen (secondary N) is 1. The first kappa shape index (κ1) is 24.7. The lowest BCUT2D eigenvalue weighted by Crippen LogP contribution is -2.51. The molecule has 1 N–H and O–H groups in total. The van der Waals surface area contributed by atoms with Gasteiger partial charge in [0, 0.05) is 55.6 Å². The van der Waals surface area contributed by atoms with Crippen molar-refractivity contribution in [3.8, 4) is 35.3 Å². The summed E-state index contributed by atoms with van der Waals surface area (Å²) in [5.41, 5.74) is 4.73. The zero-order valence-electron chi connectivity index (χ0n) is 21.1. The number of anilines is 1. The van der Waals surface area contributed by atoms with E-state index >= 15 is 0 Å². The van der Waals surface area contributed by atoms with Crippen LogP contribution in [0, 0.1) is 23.7 Å². The quantitative estimate of drug-likeness (QED) is 0.402. The number of terminal acetylenes is 1. The summed E-state index contributed by atoms with van der Waals surface area (Å²) in [6.07, 6.45) is 10.5. The Morgan fingerprint density at radius 1 is 1.13 bits per heavy atom. The van der Waals surface area contributed by atoms with E-state index in [1.807, 2.05) is 54.3 Å². The number of pyridine rings is 2. The summed E-state index contributed by atoms with van der Waals surface area (Å²) < 4.78 is 7.37. The Labute approximate surface area is 221 Å². The maximum atomic E-state index is 12.7. The van der Waals surface area contributed by atoms with E-state index < -0.39 is 0 Å². The molecular weight excluding hydrogens is 478 g/mol. The number of urea groups is 1. The maximum absolute atomic E-state index is 12.7. The number of nitrogens with zero attached hydrogens (tertiary/aromatic N) is 6. The largest absolute Gasteiger partial charge is 0.492 e. The molecule has 3 aromatic heterocycles. The van der Waals surface area contributed by atoms with Gasteiger partial charge in [-0.1, -0.05) is 18.1 Å². The molecule has 1 saturated heterocycles. The normalized spacial score (nSPS) is 13.1. The highest BCUT2D eigenvalue weighted by Crippen LogP contribution is 2.31. The predicted octanol–water partition coefficient (Wildman–Crippen LogP) is 3.68. The first-order chi connectivity index (χ1) is 18.6. The number of hydrogen-bond acceptors (Lipinski definition) is 6. The summed E-state index contributed by atoms with van der Waals surface area (Å²) in [6, 6.07) is 15.6. The number of carbonyl (C=O) groups excluding carboxylic acids is 1. The van der Waals surface area contributed by atoms with E-state index in [1.165, 1.54) is 0 Å². The molecule has 9 heteroatoms. The first-order valence-electron chi connectivity index (χ1n) is 12.4. The molecule has 0 bridgehead atoms.